The van der Waals surface area contributed by atoms with E-state index in [4.69, 9.17) is 5.73 Å². The summed E-state index contributed by atoms with van der Waals surface area (Å²) >= 11 is 0. The van der Waals surface area contributed by atoms with Gasteiger partial charge >= 0.3 is 6.03 Å². The molecule has 2 atom stereocenters. The van der Waals surface area contributed by atoms with Crippen molar-refractivity contribution >= 4 is 17.4 Å². The molecule has 0 unspecified atom stereocenters. The third kappa shape index (κ3) is 3.26. The molecule has 2 amide bonds. The standard InChI is InChI=1S/C21H26N4O/c1-14-4-3-10-23-20(14)16-5-2-6-17(12-16)24-18-8-7-15-9-11-25(21(22)26)19(15)13-18/h3-4,7-8,10,13,16-17,24H,2,5-6,9,11-12H2,1H3,(H2,22,26)/t16-,17+/m0/s1. The molecule has 2 aliphatic rings. The SMILES string of the molecule is Cc1cccnc1[C@H]1CCC[C@@H](Nc2ccc3c(c2)N(C(N)=O)CC3)C1. The Bertz CT molecular complexity index is 819. The van der Waals surface area contributed by atoms with Gasteiger partial charge in [0.25, 0.3) is 0 Å². The van der Waals surface area contributed by atoms with Gasteiger partial charge in [0, 0.05) is 36.1 Å². The van der Waals surface area contributed by atoms with Gasteiger partial charge < -0.3 is 11.1 Å². The summed E-state index contributed by atoms with van der Waals surface area (Å²) in [5.41, 5.74) is 11.2. The van der Waals surface area contributed by atoms with Crippen LogP contribution in [0.2, 0.25) is 0 Å². The van der Waals surface area contributed by atoms with Crippen LogP contribution in [0, 0.1) is 6.92 Å². The molecule has 0 spiro atoms. The van der Waals surface area contributed by atoms with Crippen LogP contribution in [0.4, 0.5) is 16.2 Å². The number of pyridine rings is 1. The highest BCUT2D eigenvalue weighted by Crippen LogP contribution is 2.36. The maximum atomic E-state index is 11.6. The summed E-state index contributed by atoms with van der Waals surface area (Å²) in [6, 6.07) is 10.5. The van der Waals surface area contributed by atoms with E-state index >= 15 is 0 Å². The predicted molar refractivity (Wildman–Crippen MR) is 105 cm³/mol. The summed E-state index contributed by atoms with van der Waals surface area (Å²) in [4.78, 5) is 17.9. The van der Waals surface area contributed by atoms with E-state index in [1.165, 1.54) is 36.1 Å². The smallest absolute Gasteiger partial charge is 0.319 e. The first kappa shape index (κ1) is 16.9. The summed E-state index contributed by atoms with van der Waals surface area (Å²) in [5, 5.41) is 3.68. The number of anilines is 2. The number of fused-ring (bicyclic) bond motifs is 1. The van der Waals surface area contributed by atoms with Crippen LogP contribution >= 0.6 is 0 Å². The molecule has 5 nitrogen and oxygen atoms in total. The van der Waals surface area contributed by atoms with Crippen molar-refractivity contribution in [2.75, 3.05) is 16.8 Å². The number of carbonyl (C=O) groups excluding carboxylic acids is 1. The molecule has 3 N–H and O–H groups in total. The van der Waals surface area contributed by atoms with Gasteiger partial charge in [-0.15, -0.1) is 0 Å². The van der Waals surface area contributed by atoms with Gasteiger partial charge in [0.05, 0.1) is 5.69 Å². The van der Waals surface area contributed by atoms with Gasteiger partial charge in [0.15, 0.2) is 0 Å². The average Bonchev–Trinajstić information content (AvgIpc) is 3.06. The molecule has 136 valence electrons. The summed E-state index contributed by atoms with van der Waals surface area (Å²) < 4.78 is 0. The fourth-order valence-corrected chi connectivity index (χ4v) is 4.43. The number of aromatic nitrogens is 1. The Morgan fingerprint density at radius 3 is 3.00 bits per heavy atom. The maximum absolute atomic E-state index is 11.6. The third-order valence-electron chi connectivity index (χ3n) is 5.73. The van der Waals surface area contributed by atoms with Crippen molar-refractivity contribution in [3.63, 3.8) is 0 Å². The fraction of sp³-hybridized carbons (Fsp3) is 0.429. The van der Waals surface area contributed by atoms with Crippen molar-refractivity contribution in [1.29, 1.82) is 0 Å². The zero-order valence-electron chi connectivity index (χ0n) is 15.2. The predicted octanol–water partition coefficient (Wildman–Crippen LogP) is 3.97. The Labute approximate surface area is 154 Å². The first-order chi connectivity index (χ1) is 12.6. The van der Waals surface area contributed by atoms with E-state index in [2.05, 4.69) is 41.5 Å². The van der Waals surface area contributed by atoms with Gasteiger partial charge in [0.2, 0.25) is 0 Å². The van der Waals surface area contributed by atoms with E-state index in [9.17, 15) is 4.79 Å². The second-order valence-electron chi connectivity index (χ2n) is 7.49. The minimum Gasteiger partial charge on any atom is -0.382 e. The highest BCUT2D eigenvalue weighted by atomic mass is 16.2. The van der Waals surface area contributed by atoms with E-state index < -0.39 is 0 Å². The first-order valence-electron chi connectivity index (χ1n) is 9.50. The first-order valence-corrected chi connectivity index (χ1v) is 9.50. The molecule has 26 heavy (non-hydrogen) atoms. The van der Waals surface area contributed by atoms with E-state index in [-0.39, 0.29) is 6.03 Å². The lowest BCUT2D eigenvalue weighted by Gasteiger charge is -2.31. The van der Waals surface area contributed by atoms with Gasteiger partial charge in [-0.3, -0.25) is 9.88 Å². The van der Waals surface area contributed by atoms with Crippen LogP contribution in [0.15, 0.2) is 36.5 Å². The minimum atomic E-state index is -0.371. The fourth-order valence-electron chi connectivity index (χ4n) is 4.43. The van der Waals surface area contributed by atoms with Gasteiger partial charge in [-0.05, 0) is 61.9 Å². The number of nitrogens with two attached hydrogens (primary N) is 1. The van der Waals surface area contributed by atoms with E-state index in [1.807, 2.05) is 12.3 Å². The Morgan fingerprint density at radius 1 is 1.31 bits per heavy atom. The van der Waals surface area contributed by atoms with Crippen molar-refractivity contribution in [2.24, 2.45) is 5.73 Å². The summed E-state index contributed by atoms with van der Waals surface area (Å²) in [5.74, 6) is 0.513. The normalized spacial score (nSPS) is 22.1. The van der Waals surface area contributed by atoms with E-state index in [0.29, 0.717) is 18.5 Å². The van der Waals surface area contributed by atoms with Crippen molar-refractivity contribution in [1.82, 2.24) is 4.98 Å². The van der Waals surface area contributed by atoms with Crippen molar-refractivity contribution < 1.29 is 4.79 Å². The van der Waals surface area contributed by atoms with E-state index in [1.54, 1.807) is 4.90 Å². The summed E-state index contributed by atoms with van der Waals surface area (Å²) in [6.07, 6.45) is 7.45. The molecular formula is C21H26N4O. The van der Waals surface area contributed by atoms with Crippen molar-refractivity contribution in [3.8, 4) is 0 Å². The molecule has 1 saturated carbocycles. The van der Waals surface area contributed by atoms with Gasteiger partial charge in [-0.1, -0.05) is 18.6 Å². The van der Waals surface area contributed by atoms with Crippen LogP contribution in [0.25, 0.3) is 0 Å². The summed E-state index contributed by atoms with van der Waals surface area (Å²) in [6.45, 7) is 2.83. The molecular weight excluding hydrogens is 324 g/mol. The number of benzene rings is 1. The lowest BCUT2D eigenvalue weighted by Crippen LogP contribution is -2.34. The lowest BCUT2D eigenvalue weighted by atomic mass is 9.82. The Kier molecular flexibility index (Phi) is 4.53. The number of aryl methyl sites for hydroxylation is 1. The number of hydrogen-bond donors (Lipinski definition) is 2. The molecule has 0 radical (unpaired) electrons. The molecule has 2 heterocycles. The average molecular weight is 350 g/mol. The number of nitrogens with one attached hydrogen (secondary N) is 1. The van der Waals surface area contributed by atoms with Gasteiger partial charge in [-0.2, -0.15) is 0 Å². The Morgan fingerprint density at radius 2 is 2.19 bits per heavy atom. The molecule has 1 aromatic heterocycles. The number of carbonyl (C=O) groups is 1. The lowest BCUT2D eigenvalue weighted by molar-refractivity contribution is 0.254. The quantitative estimate of drug-likeness (QED) is 0.880. The third-order valence-corrected chi connectivity index (χ3v) is 5.73. The summed E-state index contributed by atoms with van der Waals surface area (Å²) in [7, 11) is 0. The molecule has 2 aromatic rings. The maximum Gasteiger partial charge on any atom is 0.319 e. The highest BCUT2D eigenvalue weighted by molar-refractivity contribution is 5.93. The molecule has 5 heteroatoms. The molecule has 1 aliphatic carbocycles. The van der Waals surface area contributed by atoms with Crippen LogP contribution in [-0.2, 0) is 6.42 Å². The van der Waals surface area contributed by atoms with Crippen LogP contribution in [0.5, 0.6) is 0 Å². The second kappa shape index (κ2) is 6.98. The number of urea groups is 1. The van der Waals surface area contributed by atoms with Gasteiger partial charge in [0.1, 0.15) is 0 Å². The molecule has 1 aromatic carbocycles. The molecule has 4 rings (SSSR count). The van der Waals surface area contributed by atoms with Crippen molar-refractivity contribution in [2.45, 2.75) is 51.0 Å². The topological polar surface area (TPSA) is 71.2 Å². The number of primary amides is 1. The second-order valence-corrected chi connectivity index (χ2v) is 7.49. The molecule has 1 fully saturated rings. The zero-order chi connectivity index (χ0) is 18.1. The van der Waals surface area contributed by atoms with Crippen LogP contribution < -0.4 is 16.0 Å². The monoisotopic (exact) mass is 350 g/mol. The number of nitrogens with zero attached hydrogens (tertiary/aromatic N) is 2. The van der Waals surface area contributed by atoms with Crippen LogP contribution in [0.1, 0.15) is 48.4 Å². The van der Waals surface area contributed by atoms with Crippen LogP contribution in [0.3, 0.4) is 0 Å². The number of rotatable bonds is 3. The zero-order valence-corrected chi connectivity index (χ0v) is 15.2. The molecule has 0 bridgehead atoms. The largest absolute Gasteiger partial charge is 0.382 e. The minimum absolute atomic E-state index is 0.371. The van der Waals surface area contributed by atoms with Crippen LogP contribution in [-0.4, -0.2) is 23.6 Å². The Hall–Kier alpha value is -2.56. The van der Waals surface area contributed by atoms with Crippen molar-refractivity contribution in [3.05, 3.63) is 53.3 Å². The van der Waals surface area contributed by atoms with Gasteiger partial charge in [-0.25, -0.2) is 4.79 Å². The number of hydrogen-bond acceptors (Lipinski definition) is 3. The highest BCUT2D eigenvalue weighted by Gasteiger charge is 2.26. The number of amides is 2. The molecule has 0 saturated heterocycles. The molecule has 1 aliphatic heterocycles. The van der Waals surface area contributed by atoms with E-state index in [0.717, 1.165) is 24.2 Å². The Balaban J connectivity index is 1.49.